The first-order chi connectivity index (χ1) is 9.58. The van der Waals surface area contributed by atoms with Crippen molar-refractivity contribution >= 4 is 5.91 Å². The van der Waals surface area contributed by atoms with Gasteiger partial charge in [-0.3, -0.25) is 4.79 Å². The predicted molar refractivity (Wildman–Crippen MR) is 79.6 cm³/mol. The monoisotopic (exact) mass is 278 g/mol. The van der Waals surface area contributed by atoms with Gasteiger partial charge >= 0.3 is 0 Å². The number of aliphatic hydroxyl groups is 1. The van der Waals surface area contributed by atoms with Gasteiger partial charge in [-0.05, 0) is 46.1 Å². The quantitative estimate of drug-likeness (QED) is 0.899. The third kappa shape index (κ3) is 2.90. The Bertz CT molecular complexity index is 475. The molecule has 1 heterocycles. The maximum atomic E-state index is 12.1. The van der Waals surface area contributed by atoms with Gasteiger partial charge in [-0.2, -0.15) is 0 Å². The third-order valence-corrected chi connectivity index (χ3v) is 4.36. The molecule has 4 nitrogen and oxygen atoms in total. The van der Waals surface area contributed by atoms with Crippen LogP contribution < -0.4 is 0 Å². The van der Waals surface area contributed by atoms with E-state index >= 15 is 0 Å². The fourth-order valence-electron chi connectivity index (χ4n) is 3.19. The van der Waals surface area contributed by atoms with Crippen molar-refractivity contribution in [1.82, 2.24) is 9.47 Å². The molecule has 0 radical (unpaired) electrons. The Balaban J connectivity index is 2.09. The molecule has 20 heavy (non-hydrogen) atoms. The molecule has 0 fully saturated rings. The van der Waals surface area contributed by atoms with Gasteiger partial charge in [0.1, 0.15) is 0 Å². The number of carbonyl (C=O) groups excluding carboxylic acids is 1. The molecule has 0 saturated heterocycles. The average Bonchev–Trinajstić information content (AvgIpc) is 2.75. The number of carbonyl (C=O) groups is 1. The Morgan fingerprint density at radius 2 is 2.15 bits per heavy atom. The van der Waals surface area contributed by atoms with E-state index in [9.17, 15) is 9.90 Å². The van der Waals surface area contributed by atoms with E-state index in [1.165, 1.54) is 5.69 Å². The number of amides is 1. The van der Waals surface area contributed by atoms with Crippen LogP contribution in [0.2, 0.25) is 0 Å². The lowest BCUT2D eigenvalue weighted by Crippen LogP contribution is -2.31. The Morgan fingerprint density at radius 1 is 1.45 bits per heavy atom. The fraction of sp³-hybridized carbons (Fsp3) is 0.688. The van der Waals surface area contributed by atoms with Gasteiger partial charge in [0.25, 0.3) is 0 Å². The zero-order valence-electron chi connectivity index (χ0n) is 12.9. The van der Waals surface area contributed by atoms with Gasteiger partial charge in [0.15, 0.2) is 0 Å². The van der Waals surface area contributed by atoms with Gasteiger partial charge in [0.2, 0.25) is 5.91 Å². The number of nitrogens with zero attached hydrogens (tertiary/aromatic N) is 2. The second-order valence-corrected chi connectivity index (χ2v) is 5.56. The summed E-state index contributed by atoms with van der Waals surface area (Å²) in [6.07, 6.45) is 3.12. The van der Waals surface area contributed by atoms with E-state index in [1.54, 1.807) is 0 Å². The van der Waals surface area contributed by atoms with Crippen LogP contribution in [0, 0.1) is 6.92 Å². The molecule has 1 aliphatic carbocycles. The predicted octanol–water partition coefficient (Wildman–Crippen LogP) is 2.42. The van der Waals surface area contributed by atoms with Crippen LogP contribution in [-0.2, 0) is 17.8 Å². The SMILES string of the molecule is CCN(CC)C(=O)CCn1c(C)cc2c1CCCC2O. The standard InChI is InChI=1S/C16H26N2O2/c1-4-17(5-2)16(20)9-10-18-12(3)11-13-14(18)7-6-8-15(13)19/h11,15,19H,4-10H2,1-3H3. The first-order valence-electron chi connectivity index (χ1n) is 7.73. The number of aryl methyl sites for hydroxylation is 1. The second kappa shape index (κ2) is 6.44. The normalized spacial score (nSPS) is 17.9. The van der Waals surface area contributed by atoms with Crippen molar-refractivity contribution in [3.05, 3.63) is 23.0 Å². The number of hydrogen-bond donors (Lipinski definition) is 1. The zero-order chi connectivity index (χ0) is 14.7. The molecule has 1 aromatic heterocycles. The van der Waals surface area contributed by atoms with E-state index in [0.29, 0.717) is 6.42 Å². The molecule has 2 rings (SSSR count). The number of aromatic nitrogens is 1. The van der Waals surface area contributed by atoms with Gasteiger partial charge in [0.05, 0.1) is 6.10 Å². The van der Waals surface area contributed by atoms with Crippen molar-refractivity contribution in [3.8, 4) is 0 Å². The second-order valence-electron chi connectivity index (χ2n) is 5.56. The molecule has 0 aromatic carbocycles. The molecule has 1 atom stereocenters. The lowest BCUT2D eigenvalue weighted by Gasteiger charge is -2.22. The molecular weight excluding hydrogens is 252 g/mol. The smallest absolute Gasteiger partial charge is 0.224 e. The summed E-state index contributed by atoms with van der Waals surface area (Å²) in [4.78, 5) is 14.0. The van der Waals surface area contributed by atoms with E-state index in [2.05, 4.69) is 17.6 Å². The van der Waals surface area contributed by atoms with Crippen LogP contribution in [0.3, 0.4) is 0 Å². The summed E-state index contributed by atoms with van der Waals surface area (Å²) in [6, 6.07) is 2.08. The van der Waals surface area contributed by atoms with Gasteiger partial charge in [-0.25, -0.2) is 0 Å². The average molecular weight is 278 g/mol. The Kier molecular flexibility index (Phi) is 4.86. The van der Waals surface area contributed by atoms with E-state index in [-0.39, 0.29) is 12.0 Å². The minimum Gasteiger partial charge on any atom is -0.388 e. The molecule has 0 saturated carbocycles. The van der Waals surface area contributed by atoms with Crippen LogP contribution in [0.25, 0.3) is 0 Å². The van der Waals surface area contributed by atoms with Crippen molar-refractivity contribution in [3.63, 3.8) is 0 Å². The molecule has 0 bridgehead atoms. The van der Waals surface area contributed by atoms with Gasteiger partial charge in [0, 0.05) is 43.0 Å². The van der Waals surface area contributed by atoms with Crippen LogP contribution in [0.15, 0.2) is 6.07 Å². The first-order valence-corrected chi connectivity index (χ1v) is 7.73. The molecule has 112 valence electrons. The Labute approximate surface area is 121 Å². The largest absolute Gasteiger partial charge is 0.388 e. The Morgan fingerprint density at radius 3 is 2.80 bits per heavy atom. The highest BCUT2D eigenvalue weighted by Crippen LogP contribution is 2.32. The minimum atomic E-state index is -0.322. The van der Waals surface area contributed by atoms with Crippen molar-refractivity contribution in [2.45, 2.75) is 59.1 Å². The lowest BCUT2D eigenvalue weighted by molar-refractivity contribution is -0.131. The highest BCUT2D eigenvalue weighted by Gasteiger charge is 2.23. The van der Waals surface area contributed by atoms with Crippen molar-refractivity contribution in [2.24, 2.45) is 0 Å². The van der Waals surface area contributed by atoms with Crippen LogP contribution in [0.4, 0.5) is 0 Å². The Hall–Kier alpha value is -1.29. The summed E-state index contributed by atoms with van der Waals surface area (Å²) in [5, 5.41) is 10.1. The van der Waals surface area contributed by atoms with Crippen LogP contribution in [0.1, 0.15) is 56.2 Å². The zero-order valence-corrected chi connectivity index (χ0v) is 12.9. The third-order valence-electron chi connectivity index (χ3n) is 4.36. The molecule has 1 amide bonds. The highest BCUT2D eigenvalue weighted by atomic mass is 16.3. The lowest BCUT2D eigenvalue weighted by atomic mass is 9.95. The van der Waals surface area contributed by atoms with Crippen LogP contribution >= 0.6 is 0 Å². The molecular formula is C16H26N2O2. The number of hydrogen-bond acceptors (Lipinski definition) is 2. The van der Waals surface area contributed by atoms with Gasteiger partial charge < -0.3 is 14.6 Å². The van der Waals surface area contributed by atoms with Crippen molar-refractivity contribution in [1.29, 1.82) is 0 Å². The maximum Gasteiger partial charge on any atom is 0.224 e. The molecule has 0 aliphatic heterocycles. The highest BCUT2D eigenvalue weighted by molar-refractivity contribution is 5.76. The fourth-order valence-corrected chi connectivity index (χ4v) is 3.19. The first kappa shape index (κ1) is 15.1. The summed E-state index contributed by atoms with van der Waals surface area (Å²) < 4.78 is 2.22. The summed E-state index contributed by atoms with van der Waals surface area (Å²) in [6.45, 7) is 8.37. The summed E-state index contributed by atoms with van der Waals surface area (Å²) in [5.41, 5.74) is 3.46. The topological polar surface area (TPSA) is 45.5 Å². The van der Waals surface area contributed by atoms with Crippen LogP contribution in [0.5, 0.6) is 0 Å². The summed E-state index contributed by atoms with van der Waals surface area (Å²) in [7, 11) is 0. The number of fused-ring (bicyclic) bond motifs is 1. The van der Waals surface area contributed by atoms with E-state index in [0.717, 1.165) is 50.2 Å². The summed E-state index contributed by atoms with van der Waals surface area (Å²) in [5.74, 6) is 0.216. The summed E-state index contributed by atoms with van der Waals surface area (Å²) >= 11 is 0. The number of aliphatic hydroxyl groups excluding tert-OH is 1. The van der Waals surface area contributed by atoms with Crippen LogP contribution in [-0.4, -0.2) is 33.6 Å². The number of rotatable bonds is 5. The van der Waals surface area contributed by atoms with E-state index in [4.69, 9.17) is 0 Å². The van der Waals surface area contributed by atoms with E-state index < -0.39 is 0 Å². The molecule has 0 spiro atoms. The van der Waals surface area contributed by atoms with E-state index in [1.807, 2.05) is 18.7 Å². The molecule has 1 unspecified atom stereocenters. The molecule has 1 N–H and O–H groups in total. The molecule has 4 heteroatoms. The van der Waals surface area contributed by atoms with Gasteiger partial charge in [-0.1, -0.05) is 0 Å². The minimum absolute atomic E-state index is 0.216. The molecule has 1 aliphatic rings. The molecule has 1 aromatic rings. The maximum absolute atomic E-state index is 12.1. The van der Waals surface area contributed by atoms with Gasteiger partial charge in [-0.15, -0.1) is 0 Å². The van der Waals surface area contributed by atoms with Crippen molar-refractivity contribution in [2.75, 3.05) is 13.1 Å². The van der Waals surface area contributed by atoms with Crippen molar-refractivity contribution < 1.29 is 9.90 Å².